The zero-order valence-corrected chi connectivity index (χ0v) is 21.7. The Morgan fingerprint density at radius 1 is 1.00 bits per heavy atom. The van der Waals surface area contributed by atoms with Gasteiger partial charge in [0.2, 0.25) is 11.8 Å². The number of hydrogen-bond donors (Lipinski definition) is 0. The van der Waals surface area contributed by atoms with Crippen LogP contribution >= 0.6 is 0 Å². The Morgan fingerprint density at radius 3 is 2.24 bits per heavy atom. The highest BCUT2D eigenvalue weighted by atomic mass is 16.5. The SMILES string of the molecule is CCCN=C1N(CC)C[C@@H]2[C@@H]3C(=O)N(Cc4ccccc4)C(=O)[C@@H]3[C@](Cc3ccccc3)(C(=O)OC)N12. The highest BCUT2D eigenvalue weighted by Crippen LogP contribution is 2.53. The number of aliphatic imine (C=N–C) groups is 1. The number of likely N-dealkylation sites (N-methyl/N-ethyl adjacent to an activating group) is 1. The van der Waals surface area contributed by atoms with Gasteiger partial charge in [0, 0.05) is 26.1 Å². The van der Waals surface area contributed by atoms with Crippen molar-refractivity contribution < 1.29 is 19.1 Å². The van der Waals surface area contributed by atoms with Crippen molar-refractivity contribution in [3.05, 3.63) is 71.8 Å². The number of rotatable bonds is 8. The molecule has 0 bridgehead atoms. The van der Waals surface area contributed by atoms with Gasteiger partial charge in [-0.05, 0) is 24.5 Å². The van der Waals surface area contributed by atoms with Crippen molar-refractivity contribution in [2.75, 3.05) is 26.7 Å². The minimum atomic E-state index is -1.37. The molecule has 3 saturated heterocycles. The van der Waals surface area contributed by atoms with Crippen molar-refractivity contribution >= 4 is 23.7 Å². The summed E-state index contributed by atoms with van der Waals surface area (Å²) in [4.78, 5) is 52.4. The first-order valence-electron chi connectivity index (χ1n) is 13.1. The van der Waals surface area contributed by atoms with Crippen LogP contribution in [0.1, 0.15) is 31.4 Å². The first-order valence-corrected chi connectivity index (χ1v) is 13.1. The molecule has 0 radical (unpaired) electrons. The minimum Gasteiger partial charge on any atom is -0.467 e. The second-order valence-electron chi connectivity index (χ2n) is 9.99. The zero-order chi connectivity index (χ0) is 26.2. The number of amides is 2. The normalized spacial score (nSPS) is 27.7. The molecule has 0 unspecified atom stereocenters. The largest absolute Gasteiger partial charge is 0.467 e. The molecule has 8 heteroatoms. The maximum Gasteiger partial charge on any atom is 0.333 e. The van der Waals surface area contributed by atoms with Gasteiger partial charge in [0.25, 0.3) is 0 Å². The number of fused-ring (bicyclic) bond motifs is 3. The minimum absolute atomic E-state index is 0.190. The van der Waals surface area contributed by atoms with Crippen molar-refractivity contribution in [2.45, 2.75) is 44.8 Å². The molecule has 3 aliphatic rings. The van der Waals surface area contributed by atoms with Gasteiger partial charge in [-0.15, -0.1) is 0 Å². The molecule has 0 N–H and O–H groups in total. The lowest BCUT2D eigenvalue weighted by Crippen LogP contribution is -2.61. The number of ether oxygens (including phenoxy) is 1. The molecule has 0 aromatic heterocycles. The molecule has 3 aliphatic heterocycles. The topological polar surface area (TPSA) is 82.5 Å². The van der Waals surface area contributed by atoms with Crippen LogP contribution in [0.25, 0.3) is 0 Å². The summed E-state index contributed by atoms with van der Waals surface area (Å²) in [7, 11) is 1.36. The van der Waals surface area contributed by atoms with Crippen LogP contribution in [-0.2, 0) is 32.1 Å². The summed E-state index contributed by atoms with van der Waals surface area (Å²) >= 11 is 0. The van der Waals surface area contributed by atoms with E-state index in [-0.39, 0.29) is 30.8 Å². The van der Waals surface area contributed by atoms with Crippen LogP contribution in [0.15, 0.2) is 65.7 Å². The second kappa shape index (κ2) is 10.00. The van der Waals surface area contributed by atoms with E-state index in [9.17, 15) is 14.4 Å². The summed E-state index contributed by atoms with van der Waals surface area (Å²) < 4.78 is 5.45. The predicted molar refractivity (Wildman–Crippen MR) is 139 cm³/mol. The molecule has 3 heterocycles. The third-order valence-corrected chi connectivity index (χ3v) is 7.94. The molecule has 2 aromatic carbocycles. The predicted octanol–water partition coefficient (Wildman–Crippen LogP) is 2.73. The monoisotopic (exact) mass is 502 g/mol. The summed E-state index contributed by atoms with van der Waals surface area (Å²) in [6.45, 7) is 6.10. The number of likely N-dealkylation sites (tertiary alicyclic amines) is 1. The number of carbonyl (C=O) groups is 3. The number of guanidine groups is 1. The van der Waals surface area contributed by atoms with E-state index in [0.717, 1.165) is 17.5 Å². The molecule has 5 rings (SSSR count). The first-order chi connectivity index (χ1) is 18.0. The van der Waals surface area contributed by atoms with E-state index in [4.69, 9.17) is 9.73 Å². The summed E-state index contributed by atoms with van der Waals surface area (Å²) in [6.07, 6.45) is 1.10. The Morgan fingerprint density at radius 2 is 1.65 bits per heavy atom. The Balaban J connectivity index is 1.67. The third-order valence-electron chi connectivity index (χ3n) is 7.94. The molecule has 0 spiro atoms. The third kappa shape index (κ3) is 3.90. The van der Waals surface area contributed by atoms with E-state index < -0.39 is 23.3 Å². The zero-order valence-electron chi connectivity index (χ0n) is 21.7. The van der Waals surface area contributed by atoms with Gasteiger partial charge in [-0.1, -0.05) is 67.6 Å². The van der Waals surface area contributed by atoms with E-state index in [0.29, 0.717) is 25.6 Å². The van der Waals surface area contributed by atoms with Gasteiger partial charge in [0.15, 0.2) is 11.5 Å². The summed E-state index contributed by atoms with van der Waals surface area (Å²) in [5.74, 6) is -1.86. The molecule has 0 saturated carbocycles. The van der Waals surface area contributed by atoms with E-state index in [2.05, 4.69) is 11.8 Å². The molecule has 2 amide bonds. The van der Waals surface area contributed by atoms with Crippen LogP contribution < -0.4 is 0 Å². The molecular formula is C29H34N4O4. The van der Waals surface area contributed by atoms with Crippen LogP contribution in [0, 0.1) is 11.8 Å². The van der Waals surface area contributed by atoms with Gasteiger partial charge in [-0.2, -0.15) is 0 Å². The lowest BCUT2D eigenvalue weighted by molar-refractivity contribution is -0.158. The fourth-order valence-corrected chi connectivity index (χ4v) is 6.39. The van der Waals surface area contributed by atoms with E-state index in [1.54, 1.807) is 0 Å². The Hall–Kier alpha value is -3.68. The van der Waals surface area contributed by atoms with Crippen LogP contribution in [0.4, 0.5) is 0 Å². The number of carbonyl (C=O) groups excluding carboxylic acids is 3. The van der Waals surface area contributed by atoms with Gasteiger partial charge in [-0.25, -0.2) is 4.79 Å². The maximum atomic E-state index is 14.1. The van der Waals surface area contributed by atoms with Crippen LogP contribution in [0.5, 0.6) is 0 Å². The summed E-state index contributed by atoms with van der Waals surface area (Å²) in [5.41, 5.74) is 0.401. The smallest absolute Gasteiger partial charge is 0.333 e. The number of methoxy groups -OCH3 is 1. The van der Waals surface area contributed by atoms with Crippen LogP contribution in [-0.4, -0.2) is 76.8 Å². The molecule has 194 valence electrons. The molecule has 3 fully saturated rings. The standard InChI is InChI=1S/C29H34N4O4/c1-4-16-30-28-31(5-2)19-22-23-24(26(35)32(25(23)34)18-21-14-10-7-11-15-21)29(33(22)28,27(36)37-3)17-20-12-8-6-9-13-20/h6-15,22-24H,4-5,16-19H2,1-3H3/t22-,23+,24-,29-/m1/s1. The maximum absolute atomic E-state index is 14.1. The fraction of sp³-hybridized carbons (Fsp3) is 0.448. The lowest BCUT2D eigenvalue weighted by atomic mass is 9.76. The van der Waals surface area contributed by atoms with E-state index in [1.165, 1.54) is 12.0 Å². The van der Waals surface area contributed by atoms with Crippen LogP contribution in [0.2, 0.25) is 0 Å². The number of imide groups is 1. The number of esters is 1. The first kappa shape index (κ1) is 25.0. The molecular weight excluding hydrogens is 468 g/mol. The molecule has 0 aliphatic carbocycles. The summed E-state index contributed by atoms with van der Waals surface area (Å²) in [6, 6.07) is 18.8. The highest BCUT2D eigenvalue weighted by Gasteiger charge is 2.74. The average Bonchev–Trinajstić information content (AvgIpc) is 3.51. The lowest BCUT2D eigenvalue weighted by Gasteiger charge is -2.40. The Bertz CT molecular complexity index is 1200. The quantitative estimate of drug-likeness (QED) is 0.408. The Labute approximate surface area is 217 Å². The molecule has 37 heavy (non-hydrogen) atoms. The second-order valence-corrected chi connectivity index (χ2v) is 9.99. The van der Waals surface area contributed by atoms with E-state index >= 15 is 0 Å². The van der Waals surface area contributed by atoms with Crippen molar-refractivity contribution in [2.24, 2.45) is 16.8 Å². The van der Waals surface area contributed by atoms with E-state index in [1.807, 2.05) is 72.5 Å². The van der Waals surface area contributed by atoms with Crippen LogP contribution in [0.3, 0.4) is 0 Å². The van der Waals surface area contributed by atoms with Crippen molar-refractivity contribution in [3.8, 4) is 0 Å². The average molecular weight is 503 g/mol. The molecule has 8 nitrogen and oxygen atoms in total. The number of hydrogen-bond acceptors (Lipinski definition) is 5. The summed E-state index contributed by atoms with van der Waals surface area (Å²) in [5, 5.41) is 0. The molecule has 2 aromatic rings. The Kier molecular flexibility index (Phi) is 6.75. The number of benzene rings is 2. The number of nitrogens with zero attached hydrogens (tertiary/aromatic N) is 4. The van der Waals surface area contributed by atoms with Crippen molar-refractivity contribution in [1.82, 2.24) is 14.7 Å². The van der Waals surface area contributed by atoms with Crippen molar-refractivity contribution in [1.29, 1.82) is 0 Å². The fourth-order valence-electron chi connectivity index (χ4n) is 6.39. The van der Waals surface area contributed by atoms with Gasteiger partial charge < -0.3 is 14.5 Å². The van der Waals surface area contributed by atoms with Gasteiger partial charge in [0.05, 0.1) is 31.5 Å². The van der Waals surface area contributed by atoms with Gasteiger partial charge in [0.1, 0.15) is 0 Å². The van der Waals surface area contributed by atoms with Crippen molar-refractivity contribution in [3.63, 3.8) is 0 Å². The highest BCUT2D eigenvalue weighted by molar-refractivity contribution is 6.11. The molecule has 4 atom stereocenters. The van der Waals surface area contributed by atoms with Gasteiger partial charge >= 0.3 is 5.97 Å². The van der Waals surface area contributed by atoms with Gasteiger partial charge in [-0.3, -0.25) is 19.5 Å².